The minimum Gasteiger partial charge on any atom is -0.380 e. The second kappa shape index (κ2) is 9.47. The molecule has 0 rings (SSSR count). The van der Waals surface area contributed by atoms with Crippen molar-refractivity contribution >= 4 is 0 Å². The van der Waals surface area contributed by atoms with Crippen molar-refractivity contribution in [3.05, 3.63) is 0 Å². The summed E-state index contributed by atoms with van der Waals surface area (Å²) in [5.41, 5.74) is 0. The molecule has 0 aliphatic carbocycles. The summed E-state index contributed by atoms with van der Waals surface area (Å²) in [6, 6.07) is 0. The monoisotopic (exact) mass is 203 g/mol. The fourth-order valence-electron chi connectivity index (χ4n) is 1.23. The van der Waals surface area contributed by atoms with Gasteiger partial charge in [0, 0.05) is 14.6 Å². The lowest BCUT2D eigenvalue weighted by atomic mass is 10.1. The van der Waals surface area contributed by atoms with Crippen LogP contribution in [-0.4, -0.2) is 26.3 Å². The molecule has 0 aliphatic heterocycles. The molecule has 88 valence electrons. The highest BCUT2D eigenvalue weighted by Crippen LogP contribution is 2.02. The van der Waals surface area contributed by atoms with Crippen molar-refractivity contribution in [1.29, 1.82) is 0 Å². The summed E-state index contributed by atoms with van der Waals surface area (Å²) in [5, 5.41) is 3.36. The summed E-state index contributed by atoms with van der Waals surface area (Å²) in [7, 11) is 0. The Labute approximate surface area is 90.9 Å². The average molecular weight is 203 g/mol. The Balaban J connectivity index is 0. The Bertz CT molecular complexity index is 104. The molecule has 0 aromatic heterocycles. The van der Waals surface area contributed by atoms with Crippen molar-refractivity contribution in [2.75, 3.05) is 26.3 Å². The van der Waals surface area contributed by atoms with E-state index in [1.807, 2.05) is 0 Å². The van der Waals surface area contributed by atoms with Crippen LogP contribution in [0.1, 0.15) is 42.0 Å². The summed E-state index contributed by atoms with van der Waals surface area (Å²) >= 11 is 0. The normalized spacial score (nSPS) is 11.6. The van der Waals surface area contributed by atoms with Crippen molar-refractivity contribution in [1.82, 2.24) is 5.32 Å². The van der Waals surface area contributed by atoms with Crippen LogP contribution in [0, 0.1) is 11.8 Å². The van der Waals surface area contributed by atoms with Gasteiger partial charge in [0.05, 0.1) is 6.61 Å². The van der Waals surface area contributed by atoms with Gasteiger partial charge in [0.25, 0.3) is 0 Å². The van der Waals surface area contributed by atoms with Crippen LogP contribution in [-0.2, 0) is 4.74 Å². The first-order valence-corrected chi connectivity index (χ1v) is 5.91. The largest absolute Gasteiger partial charge is 0.380 e. The third kappa shape index (κ3) is 11.9. The summed E-state index contributed by atoms with van der Waals surface area (Å²) in [6.07, 6.45) is 2.47. The standard InChI is InChI=1S/C12H27NO.H2/c1-11(2)6-5-8-14-9-7-13-10-12(3)4;/h11-13H,5-10H2,1-4H3;1H. The second-order valence-electron chi connectivity index (χ2n) is 4.75. The van der Waals surface area contributed by atoms with Crippen LogP contribution in [0.15, 0.2) is 0 Å². The molecule has 0 radical (unpaired) electrons. The maximum Gasteiger partial charge on any atom is 0.0590 e. The first kappa shape index (κ1) is 13.9. The summed E-state index contributed by atoms with van der Waals surface area (Å²) in [4.78, 5) is 0. The molecule has 0 spiro atoms. The Hall–Kier alpha value is -0.0800. The molecule has 0 aromatic carbocycles. The van der Waals surface area contributed by atoms with Gasteiger partial charge in [-0.25, -0.2) is 0 Å². The summed E-state index contributed by atoms with van der Waals surface area (Å²) in [5.74, 6) is 1.54. The molecule has 0 saturated carbocycles. The quantitative estimate of drug-likeness (QED) is 0.582. The van der Waals surface area contributed by atoms with Gasteiger partial charge in [-0.2, -0.15) is 0 Å². The SMILES string of the molecule is CC(C)CCCOCCNCC(C)C.[HH]. The Kier molecular flexibility index (Phi) is 9.42. The van der Waals surface area contributed by atoms with E-state index in [4.69, 9.17) is 4.74 Å². The highest BCUT2D eigenvalue weighted by Gasteiger charge is 1.95. The lowest BCUT2D eigenvalue weighted by molar-refractivity contribution is 0.129. The molecule has 0 aromatic rings. The maximum atomic E-state index is 5.50. The van der Waals surface area contributed by atoms with Crippen LogP contribution in [0.5, 0.6) is 0 Å². The third-order valence-electron chi connectivity index (χ3n) is 2.05. The molecule has 0 bridgehead atoms. The molecule has 0 amide bonds. The van der Waals surface area contributed by atoms with Crippen LogP contribution in [0.2, 0.25) is 0 Å². The minimum atomic E-state index is 0. The van der Waals surface area contributed by atoms with Gasteiger partial charge >= 0.3 is 0 Å². The number of rotatable bonds is 9. The molecule has 0 aliphatic rings. The fourth-order valence-corrected chi connectivity index (χ4v) is 1.23. The molecular formula is C12H29NO. The van der Waals surface area contributed by atoms with Crippen LogP contribution in [0.4, 0.5) is 0 Å². The van der Waals surface area contributed by atoms with E-state index in [2.05, 4.69) is 33.0 Å². The van der Waals surface area contributed by atoms with Crippen LogP contribution in [0.25, 0.3) is 0 Å². The average Bonchev–Trinajstić information content (AvgIpc) is 2.08. The zero-order valence-electron chi connectivity index (χ0n) is 10.3. The van der Waals surface area contributed by atoms with Crippen molar-refractivity contribution in [2.24, 2.45) is 11.8 Å². The minimum absolute atomic E-state index is 0. The van der Waals surface area contributed by atoms with E-state index in [1.54, 1.807) is 0 Å². The van der Waals surface area contributed by atoms with Gasteiger partial charge in [-0.3, -0.25) is 0 Å². The van der Waals surface area contributed by atoms with Crippen LogP contribution in [0.3, 0.4) is 0 Å². The predicted molar refractivity (Wildman–Crippen MR) is 64.7 cm³/mol. The zero-order valence-corrected chi connectivity index (χ0v) is 10.3. The van der Waals surface area contributed by atoms with Crippen molar-refractivity contribution in [3.63, 3.8) is 0 Å². The smallest absolute Gasteiger partial charge is 0.0590 e. The van der Waals surface area contributed by atoms with Crippen LogP contribution < -0.4 is 5.32 Å². The first-order chi connectivity index (χ1) is 6.63. The highest BCUT2D eigenvalue weighted by molar-refractivity contribution is 4.50. The molecule has 2 nitrogen and oxygen atoms in total. The van der Waals surface area contributed by atoms with Gasteiger partial charge in [-0.15, -0.1) is 0 Å². The Morgan fingerprint density at radius 1 is 1.07 bits per heavy atom. The highest BCUT2D eigenvalue weighted by atomic mass is 16.5. The molecule has 0 unspecified atom stereocenters. The molecular weight excluding hydrogens is 174 g/mol. The summed E-state index contributed by atoms with van der Waals surface area (Å²) < 4.78 is 5.50. The van der Waals surface area contributed by atoms with E-state index in [1.165, 1.54) is 12.8 Å². The van der Waals surface area contributed by atoms with E-state index >= 15 is 0 Å². The van der Waals surface area contributed by atoms with E-state index in [0.717, 1.165) is 38.1 Å². The van der Waals surface area contributed by atoms with Gasteiger partial charge in [-0.1, -0.05) is 27.7 Å². The predicted octanol–water partition coefficient (Wildman–Crippen LogP) is 2.93. The van der Waals surface area contributed by atoms with Gasteiger partial charge in [0.15, 0.2) is 0 Å². The fraction of sp³-hybridized carbons (Fsp3) is 1.00. The van der Waals surface area contributed by atoms with E-state index in [0.29, 0.717) is 0 Å². The molecule has 0 saturated heterocycles. The molecule has 0 atom stereocenters. The second-order valence-corrected chi connectivity index (χ2v) is 4.75. The Morgan fingerprint density at radius 2 is 1.79 bits per heavy atom. The number of hydrogen-bond acceptors (Lipinski definition) is 2. The topological polar surface area (TPSA) is 21.3 Å². The first-order valence-electron chi connectivity index (χ1n) is 5.91. The van der Waals surface area contributed by atoms with Gasteiger partial charge in [0.2, 0.25) is 0 Å². The molecule has 0 fully saturated rings. The lowest BCUT2D eigenvalue weighted by Crippen LogP contribution is -2.24. The van der Waals surface area contributed by atoms with E-state index in [-0.39, 0.29) is 1.43 Å². The number of hydrogen-bond donors (Lipinski definition) is 1. The number of ether oxygens (including phenoxy) is 1. The number of nitrogens with one attached hydrogen (secondary N) is 1. The van der Waals surface area contributed by atoms with Crippen molar-refractivity contribution in [3.8, 4) is 0 Å². The summed E-state index contributed by atoms with van der Waals surface area (Å²) in [6.45, 7) is 12.8. The van der Waals surface area contributed by atoms with Gasteiger partial charge in [-0.05, 0) is 31.2 Å². The van der Waals surface area contributed by atoms with Gasteiger partial charge < -0.3 is 10.1 Å². The Morgan fingerprint density at radius 3 is 2.36 bits per heavy atom. The molecule has 0 heterocycles. The van der Waals surface area contributed by atoms with Gasteiger partial charge in [0.1, 0.15) is 0 Å². The third-order valence-corrected chi connectivity index (χ3v) is 2.05. The van der Waals surface area contributed by atoms with Crippen molar-refractivity contribution < 1.29 is 6.16 Å². The van der Waals surface area contributed by atoms with E-state index in [9.17, 15) is 0 Å². The van der Waals surface area contributed by atoms with Crippen molar-refractivity contribution in [2.45, 2.75) is 40.5 Å². The lowest BCUT2D eigenvalue weighted by Gasteiger charge is -2.08. The molecule has 14 heavy (non-hydrogen) atoms. The van der Waals surface area contributed by atoms with Crippen LogP contribution >= 0.6 is 0 Å². The molecule has 1 N–H and O–H groups in total. The molecule has 2 heteroatoms. The van der Waals surface area contributed by atoms with E-state index < -0.39 is 0 Å². The maximum absolute atomic E-state index is 5.50. The zero-order chi connectivity index (χ0) is 10.8.